The number of nitrogens with one attached hydrogen (secondary N) is 1. The van der Waals surface area contributed by atoms with Gasteiger partial charge in [0.2, 0.25) is 5.82 Å². The molecule has 3 aromatic rings. The molecular formula is C28H35F4N3O. The summed E-state index contributed by atoms with van der Waals surface area (Å²) in [6.07, 6.45) is 0.995. The van der Waals surface area contributed by atoms with Crippen molar-refractivity contribution in [1.82, 2.24) is 14.8 Å². The number of hydrogen-bond donors (Lipinski definition) is 1. The SMILES string of the molecule is C[C@@H]1Cc2c([nH]c3ccccc23)CN1CC(C)(C)F.FCC1CN(CCOc2cccc(F)c2F)C1. The molecule has 4 nitrogen and oxygen atoms in total. The number of aromatic amines is 1. The lowest BCUT2D eigenvalue weighted by Gasteiger charge is -2.37. The Labute approximate surface area is 210 Å². The van der Waals surface area contributed by atoms with E-state index in [-0.39, 0.29) is 24.9 Å². The predicted octanol–water partition coefficient (Wildman–Crippen LogP) is 5.91. The minimum absolute atomic E-state index is 0.0763. The van der Waals surface area contributed by atoms with Crippen LogP contribution in [0.4, 0.5) is 17.6 Å². The Bertz CT molecular complexity index is 1150. The van der Waals surface area contributed by atoms with Crippen LogP contribution in [0.25, 0.3) is 10.9 Å². The van der Waals surface area contributed by atoms with Crippen LogP contribution in [0.15, 0.2) is 42.5 Å². The number of para-hydroxylation sites is 1. The maximum Gasteiger partial charge on any atom is 0.200 e. The quantitative estimate of drug-likeness (QED) is 0.405. The summed E-state index contributed by atoms with van der Waals surface area (Å²) in [6.45, 7) is 8.82. The summed E-state index contributed by atoms with van der Waals surface area (Å²) in [5.41, 5.74) is 2.72. The molecule has 0 bridgehead atoms. The van der Waals surface area contributed by atoms with Gasteiger partial charge in [-0.2, -0.15) is 4.39 Å². The van der Waals surface area contributed by atoms with Crippen molar-refractivity contribution < 1.29 is 22.3 Å². The molecule has 0 spiro atoms. The van der Waals surface area contributed by atoms with Crippen LogP contribution < -0.4 is 4.74 Å². The van der Waals surface area contributed by atoms with Crippen molar-refractivity contribution in [2.24, 2.45) is 5.92 Å². The zero-order valence-corrected chi connectivity index (χ0v) is 21.2. The highest BCUT2D eigenvalue weighted by atomic mass is 19.2. The molecule has 2 aliphatic heterocycles. The number of H-pyrrole nitrogens is 1. The zero-order valence-electron chi connectivity index (χ0n) is 21.2. The minimum Gasteiger partial charge on any atom is -0.489 e. The number of fused-ring (bicyclic) bond motifs is 3. The van der Waals surface area contributed by atoms with Crippen LogP contribution in [-0.2, 0) is 13.0 Å². The van der Waals surface area contributed by atoms with Gasteiger partial charge in [0.05, 0.1) is 6.67 Å². The Kier molecular flexibility index (Phi) is 8.25. The third-order valence-electron chi connectivity index (χ3n) is 6.80. The van der Waals surface area contributed by atoms with Crippen LogP contribution in [0.1, 0.15) is 32.0 Å². The average Bonchev–Trinajstić information content (AvgIpc) is 3.15. The van der Waals surface area contributed by atoms with Crippen LogP contribution in [0.2, 0.25) is 0 Å². The van der Waals surface area contributed by atoms with E-state index in [1.807, 2.05) is 4.90 Å². The summed E-state index contributed by atoms with van der Waals surface area (Å²) >= 11 is 0. The van der Waals surface area contributed by atoms with Gasteiger partial charge < -0.3 is 9.72 Å². The van der Waals surface area contributed by atoms with Crippen LogP contribution in [0.3, 0.4) is 0 Å². The Morgan fingerprint density at radius 3 is 2.56 bits per heavy atom. The van der Waals surface area contributed by atoms with Gasteiger partial charge in [0.25, 0.3) is 0 Å². The zero-order chi connectivity index (χ0) is 25.9. The molecule has 2 aliphatic rings. The number of hydrogen-bond acceptors (Lipinski definition) is 3. The van der Waals surface area contributed by atoms with Crippen molar-refractivity contribution in [3.63, 3.8) is 0 Å². The van der Waals surface area contributed by atoms with E-state index >= 15 is 0 Å². The van der Waals surface area contributed by atoms with Gasteiger partial charge >= 0.3 is 0 Å². The molecule has 5 rings (SSSR count). The minimum atomic E-state index is -1.14. The molecule has 1 fully saturated rings. The second kappa shape index (κ2) is 11.2. The molecule has 1 N–H and O–H groups in total. The fraction of sp³-hybridized carbons (Fsp3) is 0.500. The smallest absolute Gasteiger partial charge is 0.200 e. The Balaban J connectivity index is 0.000000170. The van der Waals surface area contributed by atoms with E-state index in [4.69, 9.17) is 4.74 Å². The molecule has 36 heavy (non-hydrogen) atoms. The van der Waals surface area contributed by atoms with Gasteiger partial charge in [0, 0.05) is 61.3 Å². The van der Waals surface area contributed by atoms with Crippen molar-refractivity contribution >= 4 is 10.9 Å². The van der Waals surface area contributed by atoms with Gasteiger partial charge in [-0.3, -0.25) is 14.2 Å². The molecule has 0 unspecified atom stereocenters. The van der Waals surface area contributed by atoms with Crippen molar-refractivity contribution in [2.45, 2.75) is 45.4 Å². The number of benzene rings is 2. The number of aromatic nitrogens is 1. The second-order valence-electron chi connectivity index (χ2n) is 10.5. The first-order valence-electron chi connectivity index (χ1n) is 12.5. The third-order valence-corrected chi connectivity index (χ3v) is 6.80. The van der Waals surface area contributed by atoms with E-state index in [1.54, 1.807) is 13.8 Å². The lowest BCUT2D eigenvalue weighted by atomic mass is 9.96. The number of rotatable bonds is 7. The van der Waals surface area contributed by atoms with E-state index in [0.29, 0.717) is 32.2 Å². The van der Waals surface area contributed by atoms with E-state index in [9.17, 15) is 17.6 Å². The molecule has 2 aromatic carbocycles. The fourth-order valence-corrected chi connectivity index (χ4v) is 4.94. The van der Waals surface area contributed by atoms with Crippen LogP contribution in [-0.4, -0.2) is 66.0 Å². The third kappa shape index (κ3) is 6.40. The first kappa shape index (κ1) is 26.5. The molecule has 0 amide bonds. The van der Waals surface area contributed by atoms with E-state index in [2.05, 4.69) is 41.1 Å². The number of likely N-dealkylation sites (tertiary alicyclic amines) is 1. The topological polar surface area (TPSA) is 31.5 Å². The van der Waals surface area contributed by atoms with Crippen molar-refractivity contribution in [1.29, 1.82) is 0 Å². The summed E-state index contributed by atoms with van der Waals surface area (Å²) in [6, 6.07) is 12.6. The summed E-state index contributed by atoms with van der Waals surface area (Å²) < 4.78 is 57.2. The Morgan fingerprint density at radius 1 is 1.08 bits per heavy atom. The lowest BCUT2D eigenvalue weighted by molar-refractivity contribution is 0.0661. The summed E-state index contributed by atoms with van der Waals surface area (Å²) in [4.78, 5) is 7.74. The molecule has 8 heteroatoms. The summed E-state index contributed by atoms with van der Waals surface area (Å²) in [5, 5.41) is 1.32. The number of ether oxygens (including phenoxy) is 1. The molecule has 0 aliphatic carbocycles. The summed E-state index contributed by atoms with van der Waals surface area (Å²) in [5.74, 6) is -1.82. The number of halogens is 4. The largest absolute Gasteiger partial charge is 0.489 e. The number of alkyl halides is 2. The molecular weight excluding hydrogens is 470 g/mol. The molecule has 1 saturated heterocycles. The van der Waals surface area contributed by atoms with Gasteiger partial charge in [0.15, 0.2) is 11.6 Å². The molecule has 3 heterocycles. The maximum absolute atomic E-state index is 13.9. The Morgan fingerprint density at radius 2 is 1.83 bits per heavy atom. The van der Waals surface area contributed by atoms with Crippen LogP contribution in [0, 0.1) is 17.6 Å². The van der Waals surface area contributed by atoms with Gasteiger partial charge in [-0.05, 0) is 51.0 Å². The monoisotopic (exact) mass is 505 g/mol. The van der Waals surface area contributed by atoms with E-state index in [0.717, 1.165) is 19.0 Å². The fourth-order valence-electron chi connectivity index (χ4n) is 4.94. The van der Waals surface area contributed by atoms with Crippen molar-refractivity contribution in [3.05, 3.63) is 65.4 Å². The summed E-state index contributed by atoms with van der Waals surface area (Å²) in [7, 11) is 0. The normalized spacial score (nSPS) is 18.9. The first-order chi connectivity index (χ1) is 17.1. The van der Waals surface area contributed by atoms with Crippen LogP contribution in [0.5, 0.6) is 5.75 Å². The second-order valence-corrected chi connectivity index (χ2v) is 10.5. The van der Waals surface area contributed by atoms with Gasteiger partial charge in [-0.15, -0.1) is 0 Å². The maximum atomic E-state index is 13.9. The van der Waals surface area contributed by atoms with Gasteiger partial charge in [-0.1, -0.05) is 24.3 Å². The van der Waals surface area contributed by atoms with Crippen molar-refractivity contribution in [2.75, 3.05) is 39.5 Å². The van der Waals surface area contributed by atoms with Gasteiger partial charge in [0.1, 0.15) is 12.3 Å². The predicted molar refractivity (Wildman–Crippen MR) is 135 cm³/mol. The lowest BCUT2D eigenvalue weighted by Crippen LogP contribution is -2.49. The highest BCUT2D eigenvalue weighted by Gasteiger charge is 2.30. The molecule has 0 saturated carbocycles. The Hall–Kier alpha value is -2.58. The molecule has 1 atom stereocenters. The van der Waals surface area contributed by atoms with E-state index in [1.165, 1.54) is 34.3 Å². The molecule has 1 aromatic heterocycles. The standard InChI is InChI=1S/C16H21FN2.C12H14F3NO/c1-11-8-13-12-6-4-5-7-14(12)18-15(13)9-19(11)10-16(2,3)17;13-6-9-7-16(8-9)4-5-17-11-3-1-2-10(14)12(11)15/h4-7,11,18H,8-10H2,1-3H3;1-3,9H,4-8H2/t11-;/m1./s1. The van der Waals surface area contributed by atoms with Crippen LogP contribution >= 0.6 is 0 Å². The molecule has 0 radical (unpaired) electrons. The average molecular weight is 506 g/mol. The highest BCUT2D eigenvalue weighted by Crippen LogP contribution is 2.31. The highest BCUT2D eigenvalue weighted by molar-refractivity contribution is 5.84. The molecule has 196 valence electrons. The number of nitrogens with zero attached hydrogens (tertiary/aromatic N) is 2. The first-order valence-corrected chi connectivity index (χ1v) is 12.5. The van der Waals surface area contributed by atoms with Gasteiger partial charge in [-0.25, -0.2) is 8.78 Å². The van der Waals surface area contributed by atoms with Crippen molar-refractivity contribution in [3.8, 4) is 5.75 Å². The van der Waals surface area contributed by atoms with E-state index < -0.39 is 17.3 Å².